The fourth-order valence-electron chi connectivity index (χ4n) is 1.20. The highest BCUT2D eigenvalue weighted by Crippen LogP contribution is 2.09. The number of carbonyl (C=O) groups excluding carboxylic acids is 1. The van der Waals surface area contributed by atoms with Crippen molar-refractivity contribution in [1.82, 2.24) is 0 Å². The Morgan fingerprint density at radius 3 is 2.50 bits per heavy atom. The molecule has 0 fully saturated rings. The molecule has 0 saturated carbocycles. The highest BCUT2D eigenvalue weighted by molar-refractivity contribution is 7.92. The van der Waals surface area contributed by atoms with Gasteiger partial charge in [0.05, 0.1) is 0 Å². The Morgan fingerprint density at radius 2 is 1.94 bits per heavy atom. The standard InChI is InChI=1S/C10H10FNO5S/c11-7-2-1-3-8(4-7)12-9(13)5-18(16,17)6-10(14)15/h1-4H,5-6H2,(H,12,13)(H,14,15). The first kappa shape index (κ1) is 14.1. The molecule has 1 rings (SSSR count). The van der Waals surface area contributed by atoms with E-state index in [-0.39, 0.29) is 5.69 Å². The summed E-state index contributed by atoms with van der Waals surface area (Å²) < 4.78 is 35.2. The van der Waals surface area contributed by atoms with Crippen molar-refractivity contribution in [2.45, 2.75) is 0 Å². The fourth-order valence-corrected chi connectivity index (χ4v) is 2.15. The third-order valence-electron chi connectivity index (χ3n) is 1.80. The number of rotatable bonds is 5. The van der Waals surface area contributed by atoms with Crippen molar-refractivity contribution >= 4 is 27.4 Å². The molecule has 0 spiro atoms. The second kappa shape index (κ2) is 5.58. The van der Waals surface area contributed by atoms with Crippen LogP contribution >= 0.6 is 0 Å². The van der Waals surface area contributed by atoms with Gasteiger partial charge in [0.2, 0.25) is 5.91 Å². The number of amides is 1. The van der Waals surface area contributed by atoms with Crippen LogP contribution in [-0.4, -0.2) is 36.9 Å². The number of carbonyl (C=O) groups is 2. The van der Waals surface area contributed by atoms with Gasteiger partial charge in [-0.25, -0.2) is 12.8 Å². The molecule has 0 atom stereocenters. The second-order valence-electron chi connectivity index (χ2n) is 3.48. The molecule has 18 heavy (non-hydrogen) atoms. The largest absolute Gasteiger partial charge is 0.480 e. The molecule has 0 bridgehead atoms. The Bertz CT molecular complexity index is 569. The van der Waals surface area contributed by atoms with Crippen molar-refractivity contribution in [2.24, 2.45) is 0 Å². The minimum atomic E-state index is -4.02. The molecule has 1 aromatic rings. The molecule has 0 aliphatic heterocycles. The first-order valence-electron chi connectivity index (χ1n) is 4.76. The quantitative estimate of drug-likeness (QED) is 0.803. The second-order valence-corrected chi connectivity index (χ2v) is 5.55. The Kier molecular flexibility index (Phi) is 4.38. The lowest BCUT2D eigenvalue weighted by molar-refractivity contribution is -0.134. The number of aliphatic carboxylic acids is 1. The van der Waals surface area contributed by atoms with Crippen LogP contribution in [0.2, 0.25) is 0 Å². The molecule has 6 nitrogen and oxygen atoms in total. The number of nitrogens with one attached hydrogen (secondary N) is 1. The highest BCUT2D eigenvalue weighted by Gasteiger charge is 2.20. The summed E-state index contributed by atoms with van der Waals surface area (Å²) in [5.41, 5.74) is 0.102. The van der Waals surface area contributed by atoms with Crippen LogP contribution in [-0.2, 0) is 19.4 Å². The van der Waals surface area contributed by atoms with Gasteiger partial charge in [-0.05, 0) is 18.2 Å². The molecular weight excluding hydrogens is 265 g/mol. The van der Waals surface area contributed by atoms with Gasteiger partial charge in [0.25, 0.3) is 0 Å². The zero-order chi connectivity index (χ0) is 13.8. The van der Waals surface area contributed by atoms with Crippen LogP contribution in [0.25, 0.3) is 0 Å². The number of anilines is 1. The third-order valence-corrected chi connectivity index (χ3v) is 3.19. The number of benzene rings is 1. The zero-order valence-corrected chi connectivity index (χ0v) is 9.91. The molecule has 0 unspecified atom stereocenters. The molecule has 0 heterocycles. The fraction of sp³-hybridized carbons (Fsp3) is 0.200. The van der Waals surface area contributed by atoms with Crippen LogP contribution in [0.5, 0.6) is 0 Å². The average molecular weight is 275 g/mol. The average Bonchev–Trinajstić information content (AvgIpc) is 2.13. The highest BCUT2D eigenvalue weighted by atomic mass is 32.2. The summed E-state index contributed by atoms with van der Waals surface area (Å²) in [6.07, 6.45) is 0. The van der Waals surface area contributed by atoms with Crippen molar-refractivity contribution in [3.8, 4) is 0 Å². The molecule has 98 valence electrons. The number of hydrogen-bond donors (Lipinski definition) is 2. The smallest absolute Gasteiger partial charge is 0.318 e. The minimum Gasteiger partial charge on any atom is -0.480 e. The van der Waals surface area contributed by atoms with Gasteiger partial charge < -0.3 is 10.4 Å². The van der Waals surface area contributed by atoms with Crippen molar-refractivity contribution in [1.29, 1.82) is 0 Å². The van der Waals surface area contributed by atoms with Gasteiger partial charge in [0.15, 0.2) is 9.84 Å². The van der Waals surface area contributed by atoms with Crippen LogP contribution in [0, 0.1) is 5.82 Å². The first-order valence-corrected chi connectivity index (χ1v) is 6.58. The Balaban J connectivity index is 2.65. The van der Waals surface area contributed by atoms with Crippen LogP contribution in [0.3, 0.4) is 0 Å². The van der Waals surface area contributed by atoms with Crippen molar-refractivity contribution in [3.63, 3.8) is 0 Å². The normalized spacial score (nSPS) is 10.9. The molecule has 0 aliphatic carbocycles. The summed E-state index contributed by atoms with van der Waals surface area (Å²) in [5, 5.41) is 10.5. The molecule has 1 amide bonds. The van der Waals surface area contributed by atoms with Crippen LogP contribution in [0.15, 0.2) is 24.3 Å². The predicted octanol–water partition coefficient (Wildman–Crippen LogP) is 0.264. The molecule has 1 aromatic carbocycles. The van der Waals surface area contributed by atoms with Crippen LogP contribution < -0.4 is 5.32 Å². The zero-order valence-electron chi connectivity index (χ0n) is 9.09. The van der Waals surface area contributed by atoms with Gasteiger partial charge in [-0.1, -0.05) is 6.07 Å². The SMILES string of the molecule is O=C(O)CS(=O)(=O)CC(=O)Nc1cccc(F)c1. The minimum absolute atomic E-state index is 0.102. The molecule has 0 saturated heterocycles. The summed E-state index contributed by atoms with van der Waals surface area (Å²) in [4.78, 5) is 21.6. The molecule has 0 aromatic heterocycles. The Labute approximate surface area is 102 Å². The van der Waals surface area contributed by atoms with Gasteiger partial charge in [-0.2, -0.15) is 0 Å². The van der Waals surface area contributed by atoms with E-state index >= 15 is 0 Å². The molecule has 8 heteroatoms. The Morgan fingerprint density at radius 1 is 1.28 bits per heavy atom. The summed E-state index contributed by atoms with van der Waals surface area (Å²) in [6, 6.07) is 4.90. The van der Waals surface area contributed by atoms with Crippen LogP contribution in [0.4, 0.5) is 10.1 Å². The van der Waals surface area contributed by atoms with Gasteiger partial charge >= 0.3 is 5.97 Å². The molecule has 0 radical (unpaired) electrons. The van der Waals surface area contributed by atoms with Crippen molar-refractivity contribution < 1.29 is 27.5 Å². The van der Waals surface area contributed by atoms with Crippen molar-refractivity contribution in [2.75, 3.05) is 16.8 Å². The van der Waals surface area contributed by atoms with E-state index in [4.69, 9.17) is 5.11 Å². The summed E-state index contributed by atoms with van der Waals surface area (Å²) in [7, 11) is -4.02. The lowest BCUT2D eigenvalue weighted by Gasteiger charge is -2.05. The summed E-state index contributed by atoms with van der Waals surface area (Å²) in [5.74, 6) is -5.11. The summed E-state index contributed by atoms with van der Waals surface area (Å²) >= 11 is 0. The van der Waals surface area contributed by atoms with Crippen LogP contribution in [0.1, 0.15) is 0 Å². The topological polar surface area (TPSA) is 101 Å². The van der Waals surface area contributed by atoms with E-state index in [0.717, 1.165) is 12.1 Å². The lowest BCUT2D eigenvalue weighted by atomic mass is 10.3. The van der Waals surface area contributed by atoms with Crippen molar-refractivity contribution in [3.05, 3.63) is 30.1 Å². The van der Waals surface area contributed by atoms with E-state index in [1.807, 2.05) is 0 Å². The van der Waals surface area contributed by atoms with E-state index in [9.17, 15) is 22.4 Å². The molecule has 2 N–H and O–H groups in total. The number of carboxylic acid groups (broad SMARTS) is 1. The number of carboxylic acids is 1. The van der Waals surface area contributed by atoms with E-state index < -0.39 is 39.0 Å². The number of halogens is 1. The van der Waals surface area contributed by atoms with Gasteiger partial charge in [-0.3, -0.25) is 9.59 Å². The molecular formula is C10H10FNO5S. The van der Waals surface area contributed by atoms with E-state index in [1.165, 1.54) is 12.1 Å². The van der Waals surface area contributed by atoms with E-state index in [0.29, 0.717) is 0 Å². The van der Waals surface area contributed by atoms with Gasteiger partial charge in [-0.15, -0.1) is 0 Å². The predicted molar refractivity (Wildman–Crippen MR) is 61.3 cm³/mol. The first-order chi connectivity index (χ1) is 8.28. The van der Waals surface area contributed by atoms with E-state index in [1.54, 1.807) is 0 Å². The lowest BCUT2D eigenvalue weighted by Crippen LogP contribution is -2.27. The van der Waals surface area contributed by atoms with Gasteiger partial charge in [0.1, 0.15) is 17.3 Å². The maximum Gasteiger partial charge on any atom is 0.318 e. The van der Waals surface area contributed by atoms with Gasteiger partial charge in [0, 0.05) is 5.69 Å². The number of sulfone groups is 1. The maximum absolute atomic E-state index is 12.8. The summed E-state index contributed by atoms with van der Waals surface area (Å²) in [6.45, 7) is 0. The monoisotopic (exact) mass is 275 g/mol. The molecule has 0 aliphatic rings. The maximum atomic E-state index is 12.8. The third kappa shape index (κ3) is 4.91. The van der Waals surface area contributed by atoms with E-state index in [2.05, 4.69) is 5.32 Å². The number of hydrogen-bond acceptors (Lipinski definition) is 4. The Hall–Kier alpha value is -1.96.